The summed E-state index contributed by atoms with van der Waals surface area (Å²) in [7, 11) is 1.27. The molecule has 2 aliphatic heterocycles. The van der Waals surface area contributed by atoms with Crippen LogP contribution in [0.2, 0.25) is 0 Å². The van der Waals surface area contributed by atoms with Crippen LogP contribution in [0.15, 0.2) is 52.2 Å². The van der Waals surface area contributed by atoms with Crippen LogP contribution in [0.3, 0.4) is 0 Å². The zero-order chi connectivity index (χ0) is 27.6. The third-order valence-corrected chi connectivity index (χ3v) is 9.53. The van der Waals surface area contributed by atoms with Gasteiger partial charge in [0.25, 0.3) is 11.1 Å². The molecule has 2 saturated heterocycles. The van der Waals surface area contributed by atoms with Crippen LogP contribution in [-0.4, -0.2) is 39.3 Å². The summed E-state index contributed by atoms with van der Waals surface area (Å²) >= 11 is 0. The van der Waals surface area contributed by atoms with Gasteiger partial charge in [0, 0.05) is 24.3 Å². The summed E-state index contributed by atoms with van der Waals surface area (Å²) in [5, 5.41) is 3.62. The van der Waals surface area contributed by atoms with E-state index in [1.165, 1.54) is 30.7 Å². The van der Waals surface area contributed by atoms with E-state index in [0.717, 1.165) is 43.0 Å². The predicted octanol–water partition coefficient (Wildman–Crippen LogP) is 4.83. The quantitative estimate of drug-likeness (QED) is 0.473. The van der Waals surface area contributed by atoms with Gasteiger partial charge in [0.2, 0.25) is 0 Å². The first-order chi connectivity index (χ1) is 19.5. The van der Waals surface area contributed by atoms with Crippen LogP contribution in [0.25, 0.3) is 22.3 Å². The molecule has 0 radical (unpaired) electrons. The number of methoxy groups -OCH3 is 1. The first-order valence-corrected chi connectivity index (χ1v) is 15.0. The molecule has 2 atom stereocenters. The first-order valence-electron chi connectivity index (χ1n) is 15.0. The van der Waals surface area contributed by atoms with Gasteiger partial charge in [-0.3, -0.25) is 14.4 Å². The van der Waals surface area contributed by atoms with Crippen LogP contribution in [0.5, 0.6) is 0 Å². The Hall–Kier alpha value is -3.26. The van der Waals surface area contributed by atoms with Gasteiger partial charge in [-0.1, -0.05) is 50.7 Å². The highest BCUT2D eigenvalue weighted by Gasteiger charge is 2.35. The second-order valence-electron chi connectivity index (χ2n) is 12.1. The van der Waals surface area contributed by atoms with Gasteiger partial charge >= 0.3 is 5.97 Å². The number of ether oxygens (including phenoxy) is 1. The summed E-state index contributed by atoms with van der Waals surface area (Å²) in [6, 6.07) is 11.7. The SMILES string of the molecule is C1CC2CCCC(C1)C2.COC(=O)Cn1cccc(-c2nc3ccccc3n(C3CC4CCC(C3)N4)c2=O)c1=O. The molecule has 40 heavy (non-hydrogen) atoms. The second-order valence-corrected chi connectivity index (χ2v) is 12.1. The molecule has 2 saturated carbocycles. The van der Waals surface area contributed by atoms with Gasteiger partial charge in [-0.2, -0.15) is 0 Å². The van der Waals surface area contributed by atoms with Crippen molar-refractivity contribution < 1.29 is 9.53 Å². The zero-order valence-corrected chi connectivity index (χ0v) is 23.4. The number of fused-ring (bicyclic) bond motifs is 5. The van der Waals surface area contributed by atoms with E-state index in [2.05, 4.69) is 15.0 Å². The van der Waals surface area contributed by atoms with Crippen molar-refractivity contribution in [2.45, 2.75) is 95.3 Å². The van der Waals surface area contributed by atoms with Crippen molar-refractivity contribution in [3.8, 4) is 11.3 Å². The molecule has 2 unspecified atom stereocenters. The molecule has 0 spiro atoms. The molecule has 4 bridgehead atoms. The van der Waals surface area contributed by atoms with Gasteiger partial charge in [0.15, 0.2) is 0 Å². The average molecular weight is 545 g/mol. The molecule has 4 aliphatic rings. The minimum Gasteiger partial charge on any atom is -0.468 e. The molecular formula is C32H40N4O4. The van der Waals surface area contributed by atoms with Crippen molar-refractivity contribution in [1.82, 2.24) is 19.4 Å². The summed E-state index contributed by atoms with van der Waals surface area (Å²) in [5.74, 6) is 1.77. The number of esters is 1. The number of para-hydroxylation sites is 2. The Morgan fingerprint density at radius 2 is 1.57 bits per heavy atom. The molecule has 8 heteroatoms. The highest BCUT2D eigenvalue weighted by molar-refractivity contribution is 5.78. The summed E-state index contributed by atoms with van der Waals surface area (Å²) in [5.41, 5.74) is 1.06. The second kappa shape index (κ2) is 11.7. The van der Waals surface area contributed by atoms with Crippen LogP contribution in [-0.2, 0) is 16.1 Å². The molecule has 4 fully saturated rings. The smallest absolute Gasteiger partial charge is 0.325 e. The Labute approximate surface area is 234 Å². The van der Waals surface area contributed by atoms with Crippen molar-refractivity contribution in [2.75, 3.05) is 7.11 Å². The lowest BCUT2D eigenvalue weighted by Crippen LogP contribution is -2.42. The first kappa shape index (κ1) is 26.9. The largest absolute Gasteiger partial charge is 0.468 e. The molecule has 1 aromatic carbocycles. The highest BCUT2D eigenvalue weighted by atomic mass is 16.5. The number of pyridine rings is 1. The minimum absolute atomic E-state index is 0.0545. The molecule has 1 N–H and O–H groups in total. The normalized spacial score (nSPS) is 27.1. The lowest BCUT2D eigenvalue weighted by atomic mass is 9.72. The Morgan fingerprint density at radius 1 is 0.900 bits per heavy atom. The fraction of sp³-hybridized carbons (Fsp3) is 0.562. The number of carbonyl (C=O) groups excluding carboxylic acids is 1. The number of hydrogen-bond acceptors (Lipinski definition) is 6. The van der Waals surface area contributed by atoms with Gasteiger partial charge in [0.05, 0.1) is 23.7 Å². The molecule has 4 heterocycles. The molecule has 3 aromatic rings. The van der Waals surface area contributed by atoms with E-state index >= 15 is 0 Å². The Bertz CT molecular complexity index is 1460. The monoisotopic (exact) mass is 544 g/mol. The Morgan fingerprint density at radius 3 is 2.23 bits per heavy atom. The van der Waals surface area contributed by atoms with E-state index in [9.17, 15) is 14.4 Å². The lowest BCUT2D eigenvalue weighted by molar-refractivity contribution is -0.141. The minimum atomic E-state index is -0.534. The van der Waals surface area contributed by atoms with Crippen molar-refractivity contribution in [3.05, 3.63) is 63.3 Å². The van der Waals surface area contributed by atoms with Crippen LogP contribution in [0.4, 0.5) is 0 Å². The van der Waals surface area contributed by atoms with Crippen LogP contribution >= 0.6 is 0 Å². The number of nitrogens with one attached hydrogen (secondary N) is 1. The van der Waals surface area contributed by atoms with Gasteiger partial charge in [-0.25, -0.2) is 4.98 Å². The molecule has 7 rings (SSSR count). The number of hydrogen-bond donors (Lipinski definition) is 1. The Kier molecular flexibility index (Phi) is 7.87. The molecule has 0 amide bonds. The van der Waals surface area contributed by atoms with E-state index in [1.807, 2.05) is 28.8 Å². The summed E-state index contributed by atoms with van der Waals surface area (Å²) in [6.45, 7) is -0.220. The zero-order valence-electron chi connectivity index (χ0n) is 23.4. The van der Waals surface area contributed by atoms with Crippen molar-refractivity contribution in [2.24, 2.45) is 11.8 Å². The molecular weight excluding hydrogens is 504 g/mol. The standard InChI is InChI=1S/C23H24N4O4.C9H16/c1-31-20(28)13-26-10-4-5-17(22(26)29)21-23(30)27(19-7-3-2-6-18(19)25-21)16-11-14-8-9-15(12-16)24-14;1-3-8-5-2-6-9(4-1)7-8/h2-7,10,14-16,24H,8-9,11-13H2,1H3;8-9H,1-7H2. The van der Waals surface area contributed by atoms with E-state index < -0.39 is 11.5 Å². The lowest BCUT2D eigenvalue weighted by Gasteiger charge is -2.33. The van der Waals surface area contributed by atoms with Crippen molar-refractivity contribution in [1.29, 1.82) is 0 Å². The van der Waals surface area contributed by atoms with Gasteiger partial charge in [-0.05, 0) is 68.2 Å². The topological polar surface area (TPSA) is 95.2 Å². The number of benzene rings is 1. The number of carbonyl (C=O) groups is 1. The van der Waals surface area contributed by atoms with Gasteiger partial charge < -0.3 is 19.2 Å². The summed E-state index contributed by atoms with van der Waals surface area (Å²) in [6.07, 6.45) is 16.4. The average Bonchev–Trinajstić information content (AvgIpc) is 3.31. The van der Waals surface area contributed by atoms with E-state index in [4.69, 9.17) is 0 Å². The summed E-state index contributed by atoms with van der Waals surface area (Å²) in [4.78, 5) is 43.0. The van der Waals surface area contributed by atoms with Crippen LogP contribution < -0.4 is 16.4 Å². The van der Waals surface area contributed by atoms with Crippen molar-refractivity contribution in [3.63, 3.8) is 0 Å². The fourth-order valence-corrected chi connectivity index (χ4v) is 7.60. The number of rotatable bonds is 4. The van der Waals surface area contributed by atoms with E-state index in [0.29, 0.717) is 17.6 Å². The van der Waals surface area contributed by atoms with Crippen molar-refractivity contribution >= 4 is 17.0 Å². The molecule has 2 aromatic heterocycles. The molecule has 212 valence electrons. The number of nitrogens with zero attached hydrogens (tertiary/aromatic N) is 3. The Balaban J connectivity index is 0.000000271. The fourth-order valence-electron chi connectivity index (χ4n) is 7.60. The number of piperidine rings is 1. The summed E-state index contributed by atoms with van der Waals surface area (Å²) < 4.78 is 7.75. The number of aromatic nitrogens is 3. The third kappa shape index (κ3) is 5.51. The van der Waals surface area contributed by atoms with Crippen LogP contribution in [0.1, 0.15) is 76.7 Å². The highest BCUT2D eigenvalue weighted by Crippen LogP contribution is 2.39. The molecule has 8 nitrogen and oxygen atoms in total. The maximum absolute atomic E-state index is 13.7. The van der Waals surface area contributed by atoms with Gasteiger partial charge in [-0.15, -0.1) is 0 Å². The van der Waals surface area contributed by atoms with E-state index in [1.54, 1.807) is 44.2 Å². The molecule has 2 aliphatic carbocycles. The predicted molar refractivity (Wildman–Crippen MR) is 155 cm³/mol. The maximum Gasteiger partial charge on any atom is 0.325 e. The maximum atomic E-state index is 13.7. The third-order valence-electron chi connectivity index (χ3n) is 9.53. The van der Waals surface area contributed by atoms with Gasteiger partial charge in [0.1, 0.15) is 12.2 Å². The van der Waals surface area contributed by atoms with Crippen LogP contribution in [0, 0.1) is 11.8 Å². The van der Waals surface area contributed by atoms with E-state index in [-0.39, 0.29) is 29.4 Å².